The number of benzene rings is 3. The fourth-order valence-corrected chi connectivity index (χ4v) is 4.93. The minimum absolute atomic E-state index is 0.0275. The van der Waals surface area contributed by atoms with Crippen LogP contribution in [-0.4, -0.2) is 28.6 Å². The molecule has 1 saturated heterocycles. The van der Waals surface area contributed by atoms with E-state index in [9.17, 15) is 4.79 Å². The van der Waals surface area contributed by atoms with Crippen molar-refractivity contribution < 1.29 is 9.53 Å². The molecule has 1 aromatic heterocycles. The van der Waals surface area contributed by atoms with Crippen LogP contribution in [0.1, 0.15) is 36.6 Å². The predicted molar refractivity (Wildman–Crippen MR) is 137 cm³/mol. The van der Waals surface area contributed by atoms with Gasteiger partial charge in [0, 0.05) is 25.4 Å². The van der Waals surface area contributed by atoms with Crippen LogP contribution in [0.5, 0.6) is 5.75 Å². The maximum Gasteiger partial charge on any atom is 0.227 e. The van der Waals surface area contributed by atoms with Crippen molar-refractivity contribution >= 4 is 34.2 Å². The summed E-state index contributed by atoms with van der Waals surface area (Å²) in [6.45, 7) is 4.17. The van der Waals surface area contributed by atoms with E-state index in [1.54, 1.807) is 4.90 Å². The van der Waals surface area contributed by atoms with Crippen molar-refractivity contribution in [3.63, 3.8) is 0 Å². The number of nitrogens with zero attached hydrogens (tertiary/aromatic N) is 3. The van der Waals surface area contributed by atoms with Crippen molar-refractivity contribution in [2.24, 2.45) is 0 Å². The molecule has 34 heavy (non-hydrogen) atoms. The van der Waals surface area contributed by atoms with Crippen LogP contribution in [0.15, 0.2) is 72.8 Å². The zero-order valence-electron chi connectivity index (χ0n) is 19.3. The summed E-state index contributed by atoms with van der Waals surface area (Å²) in [7, 11) is 0. The topological polar surface area (TPSA) is 47.4 Å². The van der Waals surface area contributed by atoms with Gasteiger partial charge in [0.05, 0.1) is 28.4 Å². The number of carbonyl (C=O) groups excluding carboxylic acids is 1. The quantitative estimate of drug-likeness (QED) is 0.279. The standard InChI is InChI=1S/C28H28ClN3O2/c1-20-9-8-10-22(17-20)34-16-7-6-15-31-26-14-5-3-12-24(26)30-28(31)21-18-27(33)32(19-21)25-13-4-2-11-23(25)29/h2-5,8-14,17,21H,6-7,15-16,18-19H2,1H3/t21-/m0/s1. The second-order valence-corrected chi connectivity index (χ2v) is 9.25. The van der Waals surface area contributed by atoms with E-state index in [0.717, 1.165) is 47.7 Å². The Morgan fingerprint density at radius 1 is 1.03 bits per heavy atom. The van der Waals surface area contributed by atoms with Crippen molar-refractivity contribution in [3.8, 4) is 5.75 Å². The van der Waals surface area contributed by atoms with E-state index in [4.69, 9.17) is 21.3 Å². The molecule has 6 heteroatoms. The molecule has 0 N–H and O–H groups in total. The van der Waals surface area contributed by atoms with Crippen LogP contribution in [0.4, 0.5) is 5.69 Å². The van der Waals surface area contributed by atoms with Crippen LogP contribution in [0.3, 0.4) is 0 Å². The average Bonchev–Trinajstić information content (AvgIpc) is 3.40. The highest BCUT2D eigenvalue weighted by Gasteiger charge is 2.35. The highest BCUT2D eigenvalue weighted by molar-refractivity contribution is 6.33. The van der Waals surface area contributed by atoms with Gasteiger partial charge in [0.15, 0.2) is 0 Å². The number of unbranched alkanes of at least 4 members (excludes halogenated alkanes) is 1. The highest BCUT2D eigenvalue weighted by atomic mass is 35.5. The Kier molecular flexibility index (Phi) is 6.54. The largest absolute Gasteiger partial charge is 0.494 e. The lowest BCUT2D eigenvalue weighted by molar-refractivity contribution is -0.117. The monoisotopic (exact) mass is 473 g/mol. The van der Waals surface area contributed by atoms with Crippen molar-refractivity contribution in [1.29, 1.82) is 0 Å². The molecule has 1 fully saturated rings. The first-order valence-electron chi connectivity index (χ1n) is 11.8. The number of halogens is 1. The van der Waals surface area contributed by atoms with Crippen molar-refractivity contribution in [1.82, 2.24) is 9.55 Å². The number of amides is 1. The molecule has 4 aromatic rings. The molecule has 1 atom stereocenters. The smallest absolute Gasteiger partial charge is 0.227 e. The van der Waals surface area contributed by atoms with Crippen LogP contribution in [0, 0.1) is 6.92 Å². The highest BCUT2D eigenvalue weighted by Crippen LogP contribution is 2.36. The summed E-state index contributed by atoms with van der Waals surface area (Å²) >= 11 is 6.38. The lowest BCUT2D eigenvalue weighted by atomic mass is 10.1. The van der Waals surface area contributed by atoms with Crippen LogP contribution < -0.4 is 9.64 Å². The summed E-state index contributed by atoms with van der Waals surface area (Å²) < 4.78 is 8.21. The Hall–Kier alpha value is -3.31. The van der Waals surface area contributed by atoms with E-state index in [1.165, 1.54) is 5.56 Å². The molecule has 0 spiro atoms. The van der Waals surface area contributed by atoms with Gasteiger partial charge in [-0.15, -0.1) is 0 Å². The zero-order chi connectivity index (χ0) is 23.5. The van der Waals surface area contributed by atoms with Gasteiger partial charge in [-0.3, -0.25) is 4.79 Å². The first-order valence-corrected chi connectivity index (χ1v) is 12.2. The summed E-state index contributed by atoms with van der Waals surface area (Å²) in [6.07, 6.45) is 2.34. The summed E-state index contributed by atoms with van der Waals surface area (Å²) in [4.78, 5) is 19.7. The number of hydrogen-bond donors (Lipinski definition) is 0. The second-order valence-electron chi connectivity index (χ2n) is 8.84. The van der Waals surface area contributed by atoms with E-state index < -0.39 is 0 Å². The van der Waals surface area contributed by atoms with Gasteiger partial charge in [-0.05, 0) is 61.7 Å². The lowest BCUT2D eigenvalue weighted by Crippen LogP contribution is -2.24. The number of para-hydroxylation sites is 3. The van der Waals surface area contributed by atoms with Gasteiger partial charge in [0.2, 0.25) is 5.91 Å². The molecule has 1 aliphatic heterocycles. The van der Waals surface area contributed by atoms with Gasteiger partial charge in [-0.25, -0.2) is 4.98 Å². The maximum atomic E-state index is 12.9. The number of anilines is 1. The van der Waals surface area contributed by atoms with Gasteiger partial charge in [0.1, 0.15) is 11.6 Å². The molecule has 5 nitrogen and oxygen atoms in total. The number of rotatable bonds is 8. The van der Waals surface area contributed by atoms with Crippen LogP contribution >= 0.6 is 11.6 Å². The summed E-state index contributed by atoms with van der Waals surface area (Å²) in [5, 5.41) is 0.596. The third kappa shape index (κ3) is 4.66. The van der Waals surface area contributed by atoms with Gasteiger partial charge in [-0.1, -0.05) is 48.0 Å². The summed E-state index contributed by atoms with van der Waals surface area (Å²) in [5.41, 5.74) is 4.05. The Labute approximate surface area is 204 Å². The number of aryl methyl sites for hydroxylation is 2. The molecule has 0 saturated carbocycles. The molecule has 3 aromatic carbocycles. The van der Waals surface area contributed by atoms with Crippen LogP contribution in [0.25, 0.3) is 11.0 Å². The van der Waals surface area contributed by atoms with E-state index in [1.807, 2.05) is 54.6 Å². The molecule has 2 heterocycles. The second kappa shape index (κ2) is 9.90. The number of imidazole rings is 1. The molecular formula is C28H28ClN3O2. The van der Waals surface area contributed by atoms with Crippen LogP contribution in [-0.2, 0) is 11.3 Å². The van der Waals surface area contributed by atoms with Crippen molar-refractivity contribution in [2.75, 3.05) is 18.1 Å². The fraction of sp³-hybridized carbons (Fsp3) is 0.286. The third-order valence-electron chi connectivity index (χ3n) is 6.35. The number of fused-ring (bicyclic) bond motifs is 1. The number of hydrogen-bond acceptors (Lipinski definition) is 3. The maximum absolute atomic E-state index is 12.9. The molecule has 0 aliphatic carbocycles. The van der Waals surface area contributed by atoms with Gasteiger partial charge >= 0.3 is 0 Å². The van der Waals surface area contributed by atoms with Crippen molar-refractivity contribution in [2.45, 2.75) is 38.6 Å². The number of carbonyl (C=O) groups is 1. The summed E-state index contributed by atoms with van der Waals surface area (Å²) in [5.74, 6) is 2.00. The van der Waals surface area contributed by atoms with E-state index >= 15 is 0 Å². The molecule has 0 unspecified atom stereocenters. The predicted octanol–water partition coefficient (Wildman–Crippen LogP) is 6.38. The van der Waals surface area contributed by atoms with E-state index in [-0.39, 0.29) is 11.8 Å². The molecule has 0 radical (unpaired) electrons. The lowest BCUT2D eigenvalue weighted by Gasteiger charge is -2.18. The number of ether oxygens (including phenoxy) is 1. The molecule has 1 aliphatic rings. The third-order valence-corrected chi connectivity index (χ3v) is 6.67. The summed E-state index contributed by atoms with van der Waals surface area (Å²) in [6, 6.07) is 23.9. The van der Waals surface area contributed by atoms with Gasteiger partial charge < -0.3 is 14.2 Å². The number of aromatic nitrogens is 2. The molecule has 5 rings (SSSR count). The van der Waals surface area contributed by atoms with E-state index in [0.29, 0.717) is 24.6 Å². The first-order chi connectivity index (χ1) is 16.6. The minimum atomic E-state index is 0.0275. The minimum Gasteiger partial charge on any atom is -0.494 e. The molecule has 174 valence electrons. The molecular weight excluding hydrogens is 446 g/mol. The Bertz CT molecular complexity index is 1320. The normalized spacial score (nSPS) is 15.9. The molecule has 0 bridgehead atoms. The Balaban J connectivity index is 1.30. The Morgan fingerprint density at radius 3 is 2.71 bits per heavy atom. The zero-order valence-corrected chi connectivity index (χ0v) is 20.0. The average molecular weight is 474 g/mol. The fourth-order valence-electron chi connectivity index (χ4n) is 4.69. The van der Waals surface area contributed by atoms with Gasteiger partial charge in [0.25, 0.3) is 0 Å². The Morgan fingerprint density at radius 2 is 1.85 bits per heavy atom. The van der Waals surface area contributed by atoms with Crippen LogP contribution in [0.2, 0.25) is 5.02 Å². The van der Waals surface area contributed by atoms with E-state index in [2.05, 4.69) is 29.7 Å². The van der Waals surface area contributed by atoms with Crippen molar-refractivity contribution in [3.05, 3.63) is 89.2 Å². The molecule has 1 amide bonds. The SMILES string of the molecule is Cc1cccc(OCCCCn2c([C@H]3CC(=O)N(c4ccccc4Cl)C3)nc3ccccc32)c1. The van der Waals surface area contributed by atoms with Gasteiger partial charge in [-0.2, -0.15) is 0 Å². The first kappa shape index (κ1) is 22.5.